The highest BCUT2D eigenvalue weighted by Gasteiger charge is 2.54. The van der Waals surface area contributed by atoms with Crippen LogP contribution in [-0.2, 0) is 11.7 Å². The van der Waals surface area contributed by atoms with E-state index in [1.165, 1.54) is 12.3 Å². The van der Waals surface area contributed by atoms with E-state index in [1.54, 1.807) is 6.07 Å². The van der Waals surface area contributed by atoms with E-state index in [0.29, 0.717) is 35.0 Å². The average molecular weight is 483 g/mol. The third kappa shape index (κ3) is 4.85. The second-order valence-corrected chi connectivity index (χ2v) is 7.53. The SMILES string of the molecule is [C-]#[N+]C1(c2cc(Nc3nc(N[C@@H](C)C(F)(F)F)nc(-n4ccc(C(F)(F)F)n4)n3)ccn2)CC1. The van der Waals surface area contributed by atoms with Crippen LogP contribution in [0.4, 0.5) is 43.9 Å². The summed E-state index contributed by atoms with van der Waals surface area (Å²) in [5.74, 6) is -1.23. The number of rotatable bonds is 6. The summed E-state index contributed by atoms with van der Waals surface area (Å²) in [5.41, 5.74) is -1.05. The first-order chi connectivity index (χ1) is 15.9. The number of nitrogens with zero attached hydrogens (tertiary/aromatic N) is 7. The molecule has 0 spiro atoms. The van der Waals surface area contributed by atoms with Gasteiger partial charge in [0.25, 0.3) is 11.5 Å². The molecule has 15 heteroatoms. The van der Waals surface area contributed by atoms with E-state index in [-0.39, 0.29) is 5.95 Å². The van der Waals surface area contributed by atoms with Gasteiger partial charge in [0.2, 0.25) is 11.9 Å². The molecular formula is C19H15F6N9. The Morgan fingerprint density at radius 1 is 1.09 bits per heavy atom. The van der Waals surface area contributed by atoms with Gasteiger partial charge in [-0.05, 0) is 25.1 Å². The smallest absolute Gasteiger partial charge is 0.343 e. The van der Waals surface area contributed by atoms with Gasteiger partial charge in [0.05, 0.1) is 0 Å². The van der Waals surface area contributed by atoms with E-state index in [2.05, 4.69) is 40.5 Å². The van der Waals surface area contributed by atoms with E-state index < -0.39 is 41.5 Å². The molecule has 0 unspecified atom stereocenters. The van der Waals surface area contributed by atoms with Crippen molar-refractivity contribution in [1.29, 1.82) is 0 Å². The Bertz CT molecular complexity index is 1240. The van der Waals surface area contributed by atoms with Gasteiger partial charge in [-0.3, -0.25) is 4.98 Å². The summed E-state index contributed by atoms with van der Waals surface area (Å²) in [6.45, 7) is 8.19. The summed E-state index contributed by atoms with van der Waals surface area (Å²) in [7, 11) is 0. The van der Waals surface area contributed by atoms with E-state index in [9.17, 15) is 26.3 Å². The minimum Gasteiger partial charge on any atom is -0.343 e. The molecule has 0 amide bonds. The Kier molecular flexibility index (Phi) is 5.54. The highest BCUT2D eigenvalue weighted by atomic mass is 19.4. The first kappa shape index (κ1) is 23.2. The Hall–Kier alpha value is -3.96. The Morgan fingerprint density at radius 3 is 2.38 bits per heavy atom. The molecule has 3 aromatic rings. The summed E-state index contributed by atoms with van der Waals surface area (Å²) in [6, 6.07) is 1.72. The summed E-state index contributed by atoms with van der Waals surface area (Å²) in [6.07, 6.45) is -5.70. The van der Waals surface area contributed by atoms with Crippen LogP contribution in [0.1, 0.15) is 31.2 Å². The molecule has 4 rings (SSSR count). The molecule has 0 radical (unpaired) electrons. The molecule has 0 saturated heterocycles. The van der Waals surface area contributed by atoms with Crippen molar-refractivity contribution in [2.24, 2.45) is 0 Å². The zero-order valence-corrected chi connectivity index (χ0v) is 17.3. The predicted molar refractivity (Wildman–Crippen MR) is 106 cm³/mol. The molecule has 3 aromatic heterocycles. The minimum absolute atomic E-state index is 0.254. The van der Waals surface area contributed by atoms with Crippen LogP contribution in [0.2, 0.25) is 0 Å². The second-order valence-electron chi connectivity index (χ2n) is 7.53. The van der Waals surface area contributed by atoms with Gasteiger partial charge < -0.3 is 15.5 Å². The lowest BCUT2D eigenvalue weighted by Gasteiger charge is -2.18. The first-order valence-electron chi connectivity index (χ1n) is 9.74. The maximum absolute atomic E-state index is 13.0. The molecule has 3 heterocycles. The summed E-state index contributed by atoms with van der Waals surface area (Å²) in [5, 5.41) is 8.20. The van der Waals surface area contributed by atoms with Crippen molar-refractivity contribution in [2.75, 3.05) is 10.6 Å². The third-order valence-electron chi connectivity index (χ3n) is 4.98. The van der Waals surface area contributed by atoms with Crippen molar-refractivity contribution in [3.05, 3.63) is 53.4 Å². The van der Waals surface area contributed by atoms with E-state index in [1.807, 2.05) is 0 Å². The molecule has 0 aliphatic heterocycles. The number of pyridine rings is 1. The monoisotopic (exact) mass is 483 g/mol. The number of nitrogens with one attached hydrogen (secondary N) is 2. The molecule has 0 aromatic carbocycles. The normalized spacial score (nSPS) is 15.9. The summed E-state index contributed by atoms with van der Waals surface area (Å²) in [4.78, 5) is 19.5. The Morgan fingerprint density at radius 2 is 1.79 bits per heavy atom. The molecule has 9 nitrogen and oxygen atoms in total. The van der Waals surface area contributed by atoms with Crippen LogP contribution >= 0.6 is 0 Å². The Labute approximate surface area is 188 Å². The van der Waals surface area contributed by atoms with E-state index in [0.717, 1.165) is 13.1 Å². The fraction of sp³-hybridized carbons (Fsp3) is 0.368. The summed E-state index contributed by atoms with van der Waals surface area (Å²) < 4.78 is 78.5. The number of aromatic nitrogens is 6. The molecular weight excluding hydrogens is 468 g/mol. The molecule has 1 aliphatic carbocycles. The maximum Gasteiger partial charge on any atom is 0.435 e. The van der Waals surface area contributed by atoms with Crippen molar-refractivity contribution in [1.82, 2.24) is 29.7 Å². The Balaban J connectivity index is 1.70. The minimum atomic E-state index is -4.74. The van der Waals surface area contributed by atoms with Gasteiger partial charge in [0.1, 0.15) is 11.7 Å². The van der Waals surface area contributed by atoms with Gasteiger partial charge in [-0.15, -0.1) is 0 Å². The van der Waals surface area contributed by atoms with E-state index >= 15 is 0 Å². The van der Waals surface area contributed by atoms with Crippen LogP contribution in [0.25, 0.3) is 10.8 Å². The van der Waals surface area contributed by atoms with Gasteiger partial charge in [-0.25, -0.2) is 11.3 Å². The van der Waals surface area contributed by atoms with Crippen LogP contribution in [0, 0.1) is 6.57 Å². The van der Waals surface area contributed by atoms with Crippen molar-refractivity contribution in [2.45, 2.75) is 43.7 Å². The van der Waals surface area contributed by atoms with Crippen molar-refractivity contribution >= 4 is 17.6 Å². The highest BCUT2D eigenvalue weighted by Crippen LogP contribution is 2.49. The second kappa shape index (κ2) is 8.12. The molecule has 34 heavy (non-hydrogen) atoms. The molecule has 1 atom stereocenters. The number of halogens is 6. The lowest BCUT2D eigenvalue weighted by molar-refractivity contribution is -0.141. The molecule has 1 saturated carbocycles. The van der Waals surface area contributed by atoms with Crippen molar-refractivity contribution < 1.29 is 26.3 Å². The molecule has 178 valence electrons. The van der Waals surface area contributed by atoms with Gasteiger partial charge in [0.15, 0.2) is 5.69 Å². The van der Waals surface area contributed by atoms with E-state index in [4.69, 9.17) is 6.57 Å². The quantitative estimate of drug-likeness (QED) is 0.394. The molecule has 0 bridgehead atoms. The fourth-order valence-electron chi connectivity index (χ4n) is 2.89. The van der Waals surface area contributed by atoms with Crippen LogP contribution in [0.15, 0.2) is 30.6 Å². The molecule has 1 fully saturated rings. The largest absolute Gasteiger partial charge is 0.435 e. The maximum atomic E-state index is 13.0. The lowest BCUT2D eigenvalue weighted by Crippen LogP contribution is -2.34. The molecule has 1 aliphatic rings. The van der Waals surface area contributed by atoms with Gasteiger partial charge >= 0.3 is 12.4 Å². The van der Waals surface area contributed by atoms with Crippen LogP contribution < -0.4 is 10.6 Å². The zero-order valence-electron chi connectivity index (χ0n) is 17.3. The number of alkyl halides is 6. The van der Waals surface area contributed by atoms with Crippen LogP contribution in [-0.4, -0.2) is 41.9 Å². The van der Waals surface area contributed by atoms with Crippen molar-refractivity contribution in [3.8, 4) is 5.95 Å². The van der Waals surface area contributed by atoms with Crippen molar-refractivity contribution in [3.63, 3.8) is 0 Å². The zero-order chi connectivity index (χ0) is 24.7. The average Bonchev–Trinajstić information content (AvgIpc) is 3.39. The predicted octanol–water partition coefficient (Wildman–Crippen LogP) is 4.49. The number of anilines is 3. The standard InChI is InChI=1S/C19H15F6N9/c1-10(18(20,21)22)28-14-30-15(29-11-3-7-27-13(9-11)17(26-2)5-6-17)32-16(31-14)34-8-4-12(33-34)19(23,24)25/h3-4,7-10H,5-6H2,1H3,(H2,27,28,29,30,31,32)/t10-/m0/s1. The highest BCUT2D eigenvalue weighted by molar-refractivity contribution is 5.56. The summed E-state index contributed by atoms with van der Waals surface area (Å²) >= 11 is 0. The van der Waals surface area contributed by atoms with Crippen LogP contribution in [0.5, 0.6) is 0 Å². The third-order valence-corrected chi connectivity index (χ3v) is 4.98. The number of hydrogen-bond donors (Lipinski definition) is 2. The van der Waals surface area contributed by atoms with Gasteiger partial charge in [0, 0.05) is 30.9 Å². The lowest BCUT2D eigenvalue weighted by atomic mass is 10.1. The molecule has 2 N–H and O–H groups in total. The number of hydrogen-bond acceptors (Lipinski definition) is 7. The van der Waals surface area contributed by atoms with Crippen LogP contribution in [0.3, 0.4) is 0 Å². The topological polar surface area (TPSA) is 97.8 Å². The van der Waals surface area contributed by atoms with Gasteiger partial charge in [-0.1, -0.05) is 0 Å². The van der Waals surface area contributed by atoms with Gasteiger partial charge in [-0.2, -0.15) is 46.4 Å². The first-order valence-corrected chi connectivity index (χ1v) is 9.74. The fourth-order valence-corrected chi connectivity index (χ4v) is 2.89.